The summed E-state index contributed by atoms with van der Waals surface area (Å²) in [4.78, 5) is 37.8. The van der Waals surface area contributed by atoms with Gasteiger partial charge in [0.2, 0.25) is 6.10 Å². The normalized spacial score (nSPS) is 12.1. The second-order valence-corrected chi connectivity index (χ2v) is 8.43. The largest absolute Gasteiger partial charge is 0.478 e. The number of benzene rings is 4. The number of amides is 1. The molecule has 8 heteroatoms. The Morgan fingerprint density at radius 1 is 0.744 bits per heavy atom. The summed E-state index contributed by atoms with van der Waals surface area (Å²) in [5, 5.41) is 20.6. The summed E-state index contributed by atoms with van der Waals surface area (Å²) in [5.41, 5.74) is 2.66. The van der Waals surface area contributed by atoms with Gasteiger partial charge in [0.1, 0.15) is 5.70 Å². The minimum absolute atomic E-state index is 0.0249. The first-order valence-electron chi connectivity index (χ1n) is 12.1. The van der Waals surface area contributed by atoms with E-state index in [4.69, 9.17) is 4.74 Å². The lowest BCUT2D eigenvalue weighted by molar-refractivity contribution is -0.161. The number of ether oxygens (including phenoxy) is 1. The molecule has 39 heavy (non-hydrogen) atoms. The molecule has 1 atom stereocenters. The van der Waals surface area contributed by atoms with Crippen molar-refractivity contribution in [3.05, 3.63) is 138 Å². The fourth-order valence-corrected chi connectivity index (χ4v) is 3.54. The lowest BCUT2D eigenvalue weighted by Crippen LogP contribution is -2.34. The van der Waals surface area contributed by atoms with E-state index in [2.05, 4.69) is 15.5 Å². The van der Waals surface area contributed by atoms with Crippen LogP contribution >= 0.6 is 0 Å². The third-order valence-corrected chi connectivity index (χ3v) is 5.53. The van der Waals surface area contributed by atoms with Crippen LogP contribution in [0.3, 0.4) is 0 Å². The van der Waals surface area contributed by atoms with Crippen LogP contribution in [-0.4, -0.2) is 29.1 Å². The van der Waals surface area contributed by atoms with Crippen molar-refractivity contribution in [3.63, 3.8) is 0 Å². The molecule has 0 aliphatic carbocycles. The van der Waals surface area contributed by atoms with Crippen LogP contribution in [0.15, 0.2) is 131 Å². The zero-order valence-electron chi connectivity index (χ0n) is 20.8. The SMILES string of the molecule is O=C(O[C@@H](Cc1ccccc1)C(=O)O)/C(=C\c1ccc(N=Nc2ccccc2)cc1)NC(=O)c1ccccc1. The zero-order valence-corrected chi connectivity index (χ0v) is 20.8. The molecule has 8 nitrogen and oxygen atoms in total. The van der Waals surface area contributed by atoms with E-state index in [1.54, 1.807) is 84.9 Å². The van der Waals surface area contributed by atoms with Crippen LogP contribution in [0.1, 0.15) is 21.5 Å². The molecule has 2 N–H and O–H groups in total. The molecule has 4 aromatic rings. The Kier molecular flexibility index (Phi) is 9.07. The highest BCUT2D eigenvalue weighted by Gasteiger charge is 2.26. The maximum Gasteiger partial charge on any atom is 0.355 e. The van der Waals surface area contributed by atoms with Crippen molar-refractivity contribution in [1.29, 1.82) is 0 Å². The zero-order chi connectivity index (χ0) is 27.5. The lowest BCUT2D eigenvalue weighted by atomic mass is 10.1. The first-order valence-corrected chi connectivity index (χ1v) is 12.1. The molecule has 4 rings (SSSR count). The summed E-state index contributed by atoms with van der Waals surface area (Å²) >= 11 is 0. The van der Waals surface area contributed by atoms with Crippen molar-refractivity contribution in [2.45, 2.75) is 12.5 Å². The molecule has 0 aliphatic rings. The summed E-state index contributed by atoms with van der Waals surface area (Å²) in [6, 6.07) is 33.2. The van der Waals surface area contributed by atoms with Gasteiger partial charge in [0, 0.05) is 12.0 Å². The van der Waals surface area contributed by atoms with E-state index in [0.717, 1.165) is 0 Å². The predicted molar refractivity (Wildman–Crippen MR) is 147 cm³/mol. The van der Waals surface area contributed by atoms with Gasteiger partial charge >= 0.3 is 11.9 Å². The number of nitrogens with one attached hydrogen (secondary N) is 1. The first-order chi connectivity index (χ1) is 19.0. The van der Waals surface area contributed by atoms with Crippen LogP contribution in [0.2, 0.25) is 0 Å². The number of carbonyl (C=O) groups excluding carboxylic acids is 2. The van der Waals surface area contributed by atoms with Gasteiger partial charge in [-0.3, -0.25) is 4.79 Å². The van der Waals surface area contributed by atoms with E-state index in [9.17, 15) is 19.5 Å². The van der Waals surface area contributed by atoms with Crippen LogP contribution in [0.4, 0.5) is 11.4 Å². The van der Waals surface area contributed by atoms with E-state index in [1.165, 1.54) is 6.08 Å². The van der Waals surface area contributed by atoms with E-state index in [0.29, 0.717) is 28.1 Å². The Morgan fingerprint density at radius 2 is 1.28 bits per heavy atom. The molecule has 194 valence electrons. The Morgan fingerprint density at radius 3 is 1.87 bits per heavy atom. The van der Waals surface area contributed by atoms with Gasteiger partial charge in [0.05, 0.1) is 11.4 Å². The standard InChI is InChI=1S/C31H25N3O5/c35-29(24-12-6-2-7-13-24)32-27(31(38)39-28(30(36)37)21-22-10-4-1-5-11-22)20-23-16-18-26(19-17-23)34-33-25-14-8-3-9-15-25/h1-20,28H,21H2,(H,32,35)(H,36,37)/b27-20+,34-33?/t28-/m0/s1. The molecule has 0 heterocycles. The number of esters is 1. The average Bonchev–Trinajstić information content (AvgIpc) is 2.97. The maximum absolute atomic E-state index is 13.1. The summed E-state index contributed by atoms with van der Waals surface area (Å²) in [6.45, 7) is 0. The van der Waals surface area contributed by atoms with E-state index >= 15 is 0 Å². The van der Waals surface area contributed by atoms with Crippen LogP contribution in [0.25, 0.3) is 6.08 Å². The van der Waals surface area contributed by atoms with Crippen molar-refractivity contribution in [2.75, 3.05) is 0 Å². The van der Waals surface area contributed by atoms with Gasteiger partial charge in [0.15, 0.2) is 0 Å². The molecule has 4 aromatic carbocycles. The van der Waals surface area contributed by atoms with Crippen LogP contribution < -0.4 is 5.32 Å². The number of carboxylic acids is 1. The smallest absolute Gasteiger partial charge is 0.355 e. The molecule has 0 radical (unpaired) electrons. The quantitative estimate of drug-likeness (QED) is 0.149. The predicted octanol–water partition coefficient (Wildman–Crippen LogP) is 6.11. The molecule has 0 aliphatic heterocycles. The van der Waals surface area contributed by atoms with Gasteiger partial charge in [0.25, 0.3) is 5.91 Å². The van der Waals surface area contributed by atoms with Crippen LogP contribution in [0.5, 0.6) is 0 Å². The average molecular weight is 520 g/mol. The highest BCUT2D eigenvalue weighted by Crippen LogP contribution is 2.20. The molecule has 0 bridgehead atoms. The van der Waals surface area contributed by atoms with E-state index in [1.807, 2.05) is 30.3 Å². The number of rotatable bonds is 10. The molecule has 0 unspecified atom stereocenters. The summed E-state index contributed by atoms with van der Waals surface area (Å²) in [7, 11) is 0. The van der Waals surface area contributed by atoms with Gasteiger partial charge < -0.3 is 15.2 Å². The van der Waals surface area contributed by atoms with Gasteiger partial charge in [-0.05, 0) is 53.6 Å². The topological polar surface area (TPSA) is 117 Å². The monoisotopic (exact) mass is 519 g/mol. The van der Waals surface area contributed by atoms with E-state index < -0.39 is 23.9 Å². The van der Waals surface area contributed by atoms with Gasteiger partial charge in [-0.15, -0.1) is 0 Å². The number of hydrogen-bond acceptors (Lipinski definition) is 6. The first kappa shape index (κ1) is 26.7. The van der Waals surface area contributed by atoms with Crippen molar-refractivity contribution < 1.29 is 24.2 Å². The fourth-order valence-electron chi connectivity index (χ4n) is 3.54. The number of hydrogen-bond donors (Lipinski definition) is 2. The third-order valence-electron chi connectivity index (χ3n) is 5.53. The van der Waals surface area contributed by atoms with Crippen LogP contribution in [-0.2, 0) is 20.7 Å². The van der Waals surface area contributed by atoms with Gasteiger partial charge in [-0.25, -0.2) is 9.59 Å². The number of azo groups is 1. The highest BCUT2D eigenvalue weighted by atomic mass is 16.6. The maximum atomic E-state index is 13.1. The highest BCUT2D eigenvalue weighted by molar-refractivity contribution is 6.03. The second-order valence-electron chi connectivity index (χ2n) is 8.43. The fraction of sp³-hybridized carbons (Fsp3) is 0.0645. The Balaban J connectivity index is 1.56. The molecule has 0 spiro atoms. The second kappa shape index (κ2) is 13.3. The molecular formula is C31H25N3O5. The molecule has 1 amide bonds. The van der Waals surface area contributed by atoms with Crippen molar-refractivity contribution in [1.82, 2.24) is 5.32 Å². The Labute approximate surface area is 225 Å². The number of carboxylic acid groups (broad SMARTS) is 1. The third kappa shape index (κ3) is 8.06. The molecular weight excluding hydrogens is 494 g/mol. The molecule has 0 aromatic heterocycles. The number of carbonyl (C=O) groups is 3. The summed E-state index contributed by atoms with van der Waals surface area (Å²) < 4.78 is 5.34. The van der Waals surface area contributed by atoms with Crippen LogP contribution in [0, 0.1) is 0 Å². The van der Waals surface area contributed by atoms with Crippen molar-refractivity contribution in [2.24, 2.45) is 10.2 Å². The molecule has 0 saturated heterocycles. The van der Waals surface area contributed by atoms with Crippen molar-refractivity contribution >= 4 is 35.3 Å². The molecule has 0 saturated carbocycles. The number of nitrogens with zero attached hydrogens (tertiary/aromatic N) is 2. The van der Waals surface area contributed by atoms with Gasteiger partial charge in [-0.2, -0.15) is 10.2 Å². The van der Waals surface area contributed by atoms with Gasteiger partial charge in [-0.1, -0.05) is 78.9 Å². The Bertz CT molecular complexity index is 1470. The van der Waals surface area contributed by atoms with Crippen molar-refractivity contribution in [3.8, 4) is 0 Å². The molecule has 0 fully saturated rings. The summed E-state index contributed by atoms with van der Waals surface area (Å²) in [6.07, 6.45) is -0.0521. The Hall–Kier alpha value is -5.37. The minimum Gasteiger partial charge on any atom is -0.478 e. The lowest BCUT2D eigenvalue weighted by Gasteiger charge is -2.16. The summed E-state index contributed by atoms with van der Waals surface area (Å²) in [5.74, 6) is -2.81. The number of aliphatic carboxylic acids is 1. The van der Waals surface area contributed by atoms with E-state index in [-0.39, 0.29) is 12.1 Å². The minimum atomic E-state index is -1.45.